The lowest BCUT2D eigenvalue weighted by molar-refractivity contribution is 0.199. The first-order valence-corrected chi connectivity index (χ1v) is 6.24. The first-order valence-electron chi connectivity index (χ1n) is 6.24. The number of hydrogen-bond donors (Lipinski definition) is 3. The standard InChI is InChI=1S/C12H26N2O/c1-9(2)7-12(8-15)14-11-5-3-10(13)4-6-11/h9-12,14-15H,3-8,13H2,1-2H3. The van der Waals surface area contributed by atoms with E-state index in [9.17, 15) is 5.11 Å². The van der Waals surface area contributed by atoms with Crippen molar-refractivity contribution in [2.45, 2.75) is 64.1 Å². The predicted molar refractivity (Wildman–Crippen MR) is 63.7 cm³/mol. The zero-order chi connectivity index (χ0) is 11.3. The summed E-state index contributed by atoms with van der Waals surface area (Å²) in [4.78, 5) is 0. The molecule has 1 fully saturated rings. The molecule has 0 aliphatic heterocycles. The highest BCUT2D eigenvalue weighted by Crippen LogP contribution is 2.18. The van der Waals surface area contributed by atoms with Gasteiger partial charge in [0.15, 0.2) is 0 Å². The molecule has 4 N–H and O–H groups in total. The molecule has 1 aliphatic rings. The van der Waals surface area contributed by atoms with Crippen LogP contribution in [-0.4, -0.2) is 29.8 Å². The van der Waals surface area contributed by atoms with Gasteiger partial charge in [-0.3, -0.25) is 0 Å². The Balaban J connectivity index is 2.25. The van der Waals surface area contributed by atoms with Gasteiger partial charge in [0.25, 0.3) is 0 Å². The third-order valence-electron chi connectivity index (χ3n) is 3.22. The molecule has 0 heterocycles. The van der Waals surface area contributed by atoms with Gasteiger partial charge in [-0.05, 0) is 38.0 Å². The number of nitrogens with one attached hydrogen (secondary N) is 1. The lowest BCUT2D eigenvalue weighted by Gasteiger charge is -2.30. The van der Waals surface area contributed by atoms with Crippen LogP contribution in [0.25, 0.3) is 0 Å². The van der Waals surface area contributed by atoms with Crippen LogP contribution < -0.4 is 11.1 Å². The van der Waals surface area contributed by atoms with E-state index in [1.165, 1.54) is 0 Å². The molecule has 90 valence electrons. The Hall–Kier alpha value is -0.120. The summed E-state index contributed by atoms with van der Waals surface area (Å²) >= 11 is 0. The van der Waals surface area contributed by atoms with Crippen LogP contribution in [-0.2, 0) is 0 Å². The summed E-state index contributed by atoms with van der Waals surface area (Å²) < 4.78 is 0. The molecule has 1 atom stereocenters. The SMILES string of the molecule is CC(C)CC(CO)NC1CCC(N)CC1. The fourth-order valence-corrected chi connectivity index (χ4v) is 2.38. The van der Waals surface area contributed by atoms with Gasteiger partial charge in [0.2, 0.25) is 0 Å². The van der Waals surface area contributed by atoms with Crippen molar-refractivity contribution in [1.29, 1.82) is 0 Å². The van der Waals surface area contributed by atoms with Crippen molar-refractivity contribution >= 4 is 0 Å². The van der Waals surface area contributed by atoms with E-state index in [-0.39, 0.29) is 12.6 Å². The van der Waals surface area contributed by atoms with Gasteiger partial charge in [-0.2, -0.15) is 0 Å². The molecule has 0 radical (unpaired) electrons. The maximum atomic E-state index is 9.27. The molecule has 3 nitrogen and oxygen atoms in total. The smallest absolute Gasteiger partial charge is 0.0584 e. The summed E-state index contributed by atoms with van der Waals surface area (Å²) in [7, 11) is 0. The minimum Gasteiger partial charge on any atom is -0.395 e. The van der Waals surface area contributed by atoms with Gasteiger partial charge in [0, 0.05) is 18.1 Å². The summed E-state index contributed by atoms with van der Waals surface area (Å²) in [5, 5.41) is 12.8. The van der Waals surface area contributed by atoms with Crippen molar-refractivity contribution < 1.29 is 5.11 Å². The van der Waals surface area contributed by atoms with Crippen LogP contribution in [0.4, 0.5) is 0 Å². The molecule has 0 spiro atoms. The molecule has 1 rings (SSSR count). The van der Waals surface area contributed by atoms with Crippen LogP contribution in [0.3, 0.4) is 0 Å². The highest BCUT2D eigenvalue weighted by atomic mass is 16.3. The van der Waals surface area contributed by atoms with Crippen LogP contribution in [0.2, 0.25) is 0 Å². The highest BCUT2D eigenvalue weighted by molar-refractivity contribution is 4.81. The monoisotopic (exact) mass is 214 g/mol. The topological polar surface area (TPSA) is 58.3 Å². The van der Waals surface area contributed by atoms with Crippen molar-refractivity contribution in [2.75, 3.05) is 6.61 Å². The van der Waals surface area contributed by atoms with Crippen molar-refractivity contribution in [3.8, 4) is 0 Å². The van der Waals surface area contributed by atoms with Crippen LogP contribution >= 0.6 is 0 Å². The van der Waals surface area contributed by atoms with Crippen molar-refractivity contribution in [3.63, 3.8) is 0 Å². The van der Waals surface area contributed by atoms with Gasteiger partial charge in [-0.1, -0.05) is 13.8 Å². The molecule has 1 aliphatic carbocycles. The average Bonchev–Trinajstić information content (AvgIpc) is 2.19. The Labute approximate surface area is 93.4 Å². The first-order chi connectivity index (χ1) is 7.11. The zero-order valence-electron chi connectivity index (χ0n) is 10.1. The van der Waals surface area contributed by atoms with Gasteiger partial charge >= 0.3 is 0 Å². The number of aliphatic hydroxyl groups excluding tert-OH is 1. The van der Waals surface area contributed by atoms with Crippen molar-refractivity contribution in [3.05, 3.63) is 0 Å². The molecular weight excluding hydrogens is 188 g/mol. The zero-order valence-corrected chi connectivity index (χ0v) is 10.1. The minimum atomic E-state index is 0.251. The molecule has 1 saturated carbocycles. The van der Waals surface area contributed by atoms with E-state index in [1.807, 2.05) is 0 Å². The van der Waals surface area contributed by atoms with E-state index in [0.717, 1.165) is 32.1 Å². The molecule has 15 heavy (non-hydrogen) atoms. The Bertz CT molecular complexity index is 165. The Kier molecular flexibility index (Phi) is 5.58. The molecule has 0 saturated heterocycles. The molecule has 0 aromatic heterocycles. The quantitative estimate of drug-likeness (QED) is 0.645. The van der Waals surface area contributed by atoms with Gasteiger partial charge in [0.05, 0.1) is 6.61 Å². The number of nitrogens with two attached hydrogens (primary N) is 1. The van der Waals surface area contributed by atoms with Crippen molar-refractivity contribution in [1.82, 2.24) is 5.32 Å². The Morgan fingerprint density at radius 3 is 2.33 bits per heavy atom. The third-order valence-corrected chi connectivity index (χ3v) is 3.22. The highest BCUT2D eigenvalue weighted by Gasteiger charge is 2.21. The van der Waals surface area contributed by atoms with E-state index >= 15 is 0 Å². The van der Waals surface area contributed by atoms with Gasteiger partial charge < -0.3 is 16.2 Å². The fourth-order valence-electron chi connectivity index (χ4n) is 2.38. The van der Waals surface area contributed by atoms with Crippen LogP contribution in [0.15, 0.2) is 0 Å². The number of rotatable bonds is 5. The van der Waals surface area contributed by atoms with Gasteiger partial charge in [0.1, 0.15) is 0 Å². The summed E-state index contributed by atoms with van der Waals surface area (Å²) in [6, 6.07) is 1.24. The normalized spacial score (nSPS) is 29.4. The maximum absolute atomic E-state index is 9.27. The molecule has 3 heteroatoms. The predicted octanol–water partition coefficient (Wildman–Crippen LogP) is 1.25. The van der Waals surface area contributed by atoms with E-state index in [1.54, 1.807) is 0 Å². The van der Waals surface area contributed by atoms with Crippen LogP contribution in [0.5, 0.6) is 0 Å². The second-order valence-corrected chi connectivity index (χ2v) is 5.29. The lowest BCUT2D eigenvalue weighted by atomic mass is 9.91. The summed E-state index contributed by atoms with van der Waals surface area (Å²) in [6.07, 6.45) is 5.62. The largest absolute Gasteiger partial charge is 0.395 e. The van der Waals surface area contributed by atoms with Crippen LogP contribution in [0.1, 0.15) is 46.0 Å². The summed E-state index contributed by atoms with van der Waals surface area (Å²) in [5.41, 5.74) is 5.86. The average molecular weight is 214 g/mol. The second-order valence-electron chi connectivity index (χ2n) is 5.29. The second kappa shape index (κ2) is 6.46. The fraction of sp³-hybridized carbons (Fsp3) is 1.00. The first kappa shape index (κ1) is 12.9. The van der Waals surface area contributed by atoms with E-state index in [2.05, 4.69) is 19.2 Å². The minimum absolute atomic E-state index is 0.251. The van der Waals surface area contributed by atoms with Gasteiger partial charge in [-0.25, -0.2) is 0 Å². The Morgan fingerprint density at radius 1 is 1.27 bits per heavy atom. The molecule has 0 aromatic rings. The van der Waals surface area contributed by atoms with Gasteiger partial charge in [-0.15, -0.1) is 0 Å². The third kappa shape index (κ3) is 4.96. The maximum Gasteiger partial charge on any atom is 0.0584 e. The lowest BCUT2D eigenvalue weighted by Crippen LogP contribution is -2.44. The molecular formula is C12H26N2O. The summed E-state index contributed by atoms with van der Waals surface area (Å²) in [5.74, 6) is 0.639. The number of aliphatic hydroxyl groups is 1. The van der Waals surface area contributed by atoms with Crippen LogP contribution in [0, 0.1) is 5.92 Å². The van der Waals surface area contributed by atoms with Crippen molar-refractivity contribution in [2.24, 2.45) is 11.7 Å². The molecule has 0 amide bonds. The Morgan fingerprint density at radius 2 is 1.87 bits per heavy atom. The van der Waals surface area contributed by atoms with E-state index in [4.69, 9.17) is 5.73 Å². The molecule has 0 aromatic carbocycles. The van der Waals surface area contributed by atoms with E-state index < -0.39 is 0 Å². The summed E-state index contributed by atoms with van der Waals surface area (Å²) in [6.45, 7) is 4.64. The van der Waals surface area contributed by atoms with E-state index in [0.29, 0.717) is 18.0 Å². The molecule has 0 bridgehead atoms. The number of hydrogen-bond acceptors (Lipinski definition) is 3. The molecule has 1 unspecified atom stereocenters.